The summed E-state index contributed by atoms with van der Waals surface area (Å²) in [6, 6.07) is 4.55. The van der Waals surface area contributed by atoms with E-state index in [0.717, 1.165) is 5.56 Å². The third kappa shape index (κ3) is 2.16. The Labute approximate surface area is 98.6 Å². The van der Waals surface area contributed by atoms with E-state index in [9.17, 15) is 4.39 Å². The molecule has 1 aromatic heterocycles. The number of rotatable bonds is 3. The van der Waals surface area contributed by atoms with Gasteiger partial charge in [0.2, 0.25) is 0 Å². The van der Waals surface area contributed by atoms with Crippen LogP contribution in [0, 0.1) is 12.7 Å². The van der Waals surface area contributed by atoms with Crippen molar-refractivity contribution >= 4 is 0 Å². The fraction of sp³-hybridized carbons (Fsp3) is 0.364. The van der Waals surface area contributed by atoms with Gasteiger partial charge in [-0.3, -0.25) is 0 Å². The first-order valence-electron chi connectivity index (χ1n) is 5.35. The minimum absolute atomic E-state index is 0.00679. The third-order valence-electron chi connectivity index (χ3n) is 2.71. The number of nitrogens with one attached hydrogen (secondary N) is 1. The zero-order chi connectivity index (χ0) is 12.4. The van der Waals surface area contributed by atoms with Gasteiger partial charge < -0.3 is 5.32 Å². The molecular weight excluding hydrogens is 221 g/mol. The molecule has 6 heteroatoms. The summed E-state index contributed by atoms with van der Waals surface area (Å²) in [5, 5.41) is 14.6. The van der Waals surface area contributed by atoms with Crippen LogP contribution >= 0.6 is 0 Å². The topological polar surface area (TPSA) is 55.6 Å². The SMILES string of the molecule is CNC(C)c1nnnn1-c1cc(F)ccc1C. The van der Waals surface area contributed by atoms with E-state index in [1.807, 2.05) is 20.9 Å². The molecule has 1 heterocycles. The van der Waals surface area contributed by atoms with Crippen LogP contribution in [0.3, 0.4) is 0 Å². The Kier molecular flexibility index (Phi) is 3.14. The maximum absolute atomic E-state index is 13.3. The molecule has 0 aliphatic carbocycles. The van der Waals surface area contributed by atoms with E-state index in [4.69, 9.17) is 0 Å². The highest BCUT2D eigenvalue weighted by molar-refractivity contribution is 5.40. The van der Waals surface area contributed by atoms with Crippen LogP contribution in [-0.2, 0) is 0 Å². The summed E-state index contributed by atoms with van der Waals surface area (Å²) < 4.78 is 14.8. The molecule has 1 atom stereocenters. The van der Waals surface area contributed by atoms with Gasteiger partial charge in [-0.1, -0.05) is 6.07 Å². The van der Waals surface area contributed by atoms with Crippen LogP contribution in [0.5, 0.6) is 0 Å². The standard InChI is InChI=1S/C11H14FN5/c1-7-4-5-9(12)6-10(7)17-11(8(2)13-3)14-15-16-17/h4-6,8,13H,1-3H3. The lowest BCUT2D eigenvalue weighted by molar-refractivity contribution is 0.584. The molecule has 0 spiro atoms. The number of aryl methyl sites for hydroxylation is 1. The molecule has 17 heavy (non-hydrogen) atoms. The van der Waals surface area contributed by atoms with Crippen molar-refractivity contribution in [2.24, 2.45) is 0 Å². The van der Waals surface area contributed by atoms with Crippen LogP contribution in [-0.4, -0.2) is 27.3 Å². The van der Waals surface area contributed by atoms with Gasteiger partial charge in [0.1, 0.15) is 5.82 Å². The van der Waals surface area contributed by atoms with Gasteiger partial charge in [0, 0.05) is 0 Å². The van der Waals surface area contributed by atoms with E-state index in [-0.39, 0.29) is 11.9 Å². The summed E-state index contributed by atoms with van der Waals surface area (Å²) in [4.78, 5) is 0. The normalized spacial score (nSPS) is 12.7. The molecule has 1 aromatic carbocycles. The van der Waals surface area contributed by atoms with E-state index in [1.54, 1.807) is 10.7 Å². The van der Waals surface area contributed by atoms with Crippen LogP contribution in [0.2, 0.25) is 0 Å². The van der Waals surface area contributed by atoms with Crippen molar-refractivity contribution in [3.63, 3.8) is 0 Å². The summed E-state index contributed by atoms with van der Waals surface area (Å²) >= 11 is 0. The van der Waals surface area contributed by atoms with Crippen molar-refractivity contribution in [3.05, 3.63) is 35.4 Å². The first-order valence-corrected chi connectivity index (χ1v) is 5.35. The molecule has 0 amide bonds. The Morgan fingerprint density at radius 3 is 2.88 bits per heavy atom. The second-order valence-corrected chi connectivity index (χ2v) is 3.89. The lowest BCUT2D eigenvalue weighted by Crippen LogP contribution is -2.18. The average Bonchev–Trinajstić information content (AvgIpc) is 2.80. The predicted octanol–water partition coefficient (Wildman–Crippen LogP) is 1.39. The van der Waals surface area contributed by atoms with Crippen LogP contribution < -0.4 is 5.32 Å². The Morgan fingerprint density at radius 1 is 1.41 bits per heavy atom. The minimum atomic E-state index is -0.302. The number of benzene rings is 1. The highest BCUT2D eigenvalue weighted by Crippen LogP contribution is 2.18. The maximum Gasteiger partial charge on any atom is 0.173 e. The molecule has 1 unspecified atom stereocenters. The Bertz CT molecular complexity index is 522. The van der Waals surface area contributed by atoms with Gasteiger partial charge in [-0.15, -0.1) is 5.10 Å². The molecule has 90 valence electrons. The summed E-state index contributed by atoms with van der Waals surface area (Å²) in [5.41, 5.74) is 1.58. The van der Waals surface area contributed by atoms with E-state index in [2.05, 4.69) is 20.8 Å². The Balaban J connectivity index is 2.53. The Hall–Kier alpha value is -1.82. The van der Waals surface area contributed by atoms with Crippen LogP contribution in [0.1, 0.15) is 24.4 Å². The highest BCUT2D eigenvalue weighted by Gasteiger charge is 2.15. The van der Waals surface area contributed by atoms with Crippen LogP contribution in [0.25, 0.3) is 5.69 Å². The fourth-order valence-electron chi connectivity index (χ4n) is 1.58. The molecule has 0 fully saturated rings. The molecule has 0 bridgehead atoms. The minimum Gasteiger partial charge on any atom is -0.311 e. The van der Waals surface area contributed by atoms with Crippen molar-refractivity contribution in [2.75, 3.05) is 7.05 Å². The maximum atomic E-state index is 13.3. The van der Waals surface area contributed by atoms with E-state index in [0.29, 0.717) is 11.5 Å². The van der Waals surface area contributed by atoms with Gasteiger partial charge in [0.25, 0.3) is 0 Å². The average molecular weight is 235 g/mol. The van der Waals surface area contributed by atoms with Gasteiger partial charge in [-0.05, 0) is 49.0 Å². The number of tetrazole rings is 1. The monoisotopic (exact) mass is 235 g/mol. The number of nitrogens with zero attached hydrogens (tertiary/aromatic N) is 4. The Morgan fingerprint density at radius 2 is 2.18 bits per heavy atom. The molecule has 5 nitrogen and oxygen atoms in total. The van der Waals surface area contributed by atoms with Crippen molar-refractivity contribution in [1.82, 2.24) is 25.5 Å². The zero-order valence-electron chi connectivity index (χ0n) is 9.98. The van der Waals surface area contributed by atoms with Crippen LogP contribution in [0.15, 0.2) is 18.2 Å². The van der Waals surface area contributed by atoms with Gasteiger partial charge in [-0.2, -0.15) is 4.68 Å². The second kappa shape index (κ2) is 4.58. The number of hydrogen-bond donors (Lipinski definition) is 1. The van der Waals surface area contributed by atoms with E-state index < -0.39 is 0 Å². The molecule has 2 aromatic rings. The summed E-state index contributed by atoms with van der Waals surface area (Å²) in [7, 11) is 1.82. The fourth-order valence-corrected chi connectivity index (χ4v) is 1.58. The first-order chi connectivity index (χ1) is 8.13. The summed E-state index contributed by atoms with van der Waals surface area (Å²) in [5.74, 6) is 0.352. The van der Waals surface area contributed by atoms with Crippen molar-refractivity contribution in [1.29, 1.82) is 0 Å². The molecule has 2 rings (SSSR count). The third-order valence-corrected chi connectivity index (χ3v) is 2.71. The number of halogens is 1. The molecule has 0 aliphatic heterocycles. The first kappa shape index (κ1) is 11.7. The molecular formula is C11H14FN5. The smallest absolute Gasteiger partial charge is 0.173 e. The summed E-state index contributed by atoms with van der Waals surface area (Å²) in [6.45, 7) is 3.83. The molecule has 0 aliphatic rings. The van der Waals surface area contributed by atoms with Crippen molar-refractivity contribution < 1.29 is 4.39 Å². The zero-order valence-corrected chi connectivity index (χ0v) is 9.98. The lowest BCUT2D eigenvalue weighted by atomic mass is 10.2. The van der Waals surface area contributed by atoms with Crippen molar-refractivity contribution in [3.8, 4) is 5.69 Å². The van der Waals surface area contributed by atoms with Gasteiger partial charge in [-0.25, -0.2) is 4.39 Å². The van der Waals surface area contributed by atoms with E-state index >= 15 is 0 Å². The molecule has 0 saturated carbocycles. The molecule has 0 saturated heterocycles. The van der Waals surface area contributed by atoms with Gasteiger partial charge >= 0.3 is 0 Å². The highest BCUT2D eigenvalue weighted by atomic mass is 19.1. The largest absolute Gasteiger partial charge is 0.311 e. The lowest BCUT2D eigenvalue weighted by Gasteiger charge is -2.11. The van der Waals surface area contributed by atoms with Crippen LogP contribution in [0.4, 0.5) is 4.39 Å². The summed E-state index contributed by atoms with van der Waals surface area (Å²) in [6.07, 6.45) is 0. The number of aromatic nitrogens is 4. The molecule has 0 radical (unpaired) electrons. The second-order valence-electron chi connectivity index (χ2n) is 3.89. The van der Waals surface area contributed by atoms with Gasteiger partial charge in [0.05, 0.1) is 11.7 Å². The van der Waals surface area contributed by atoms with Gasteiger partial charge in [0.15, 0.2) is 5.82 Å². The van der Waals surface area contributed by atoms with Crippen molar-refractivity contribution in [2.45, 2.75) is 19.9 Å². The quantitative estimate of drug-likeness (QED) is 0.873. The number of hydrogen-bond acceptors (Lipinski definition) is 4. The van der Waals surface area contributed by atoms with E-state index in [1.165, 1.54) is 12.1 Å². The predicted molar refractivity (Wildman–Crippen MR) is 61.3 cm³/mol. The molecule has 1 N–H and O–H groups in total.